The third-order valence-electron chi connectivity index (χ3n) is 7.70. The van der Waals surface area contributed by atoms with E-state index in [1.807, 2.05) is 43.3 Å². The van der Waals surface area contributed by atoms with Gasteiger partial charge in [-0.25, -0.2) is 0 Å². The zero-order chi connectivity index (χ0) is 34.0. The van der Waals surface area contributed by atoms with E-state index in [1.54, 1.807) is 38.6 Å². The summed E-state index contributed by atoms with van der Waals surface area (Å²) in [4.78, 5) is 15.8. The number of carbonyl (C=O) groups is 1. The lowest BCUT2D eigenvalue weighted by Crippen LogP contribution is -2.03. The second-order valence-electron chi connectivity index (χ2n) is 10.7. The van der Waals surface area contributed by atoms with Crippen LogP contribution in [0.1, 0.15) is 43.7 Å². The van der Waals surface area contributed by atoms with Crippen molar-refractivity contribution >= 4 is 24.0 Å². The highest BCUT2D eigenvalue weighted by Gasteiger charge is 2.15. The third-order valence-corrected chi connectivity index (χ3v) is 8.00. The molecule has 0 fully saturated rings. The van der Waals surface area contributed by atoms with Crippen LogP contribution in [0, 0.1) is 18.3 Å². The molecular weight excluding hydrogens is 628 g/mol. The fourth-order valence-electron chi connectivity index (χ4n) is 5.17. The van der Waals surface area contributed by atoms with Crippen molar-refractivity contribution in [2.75, 3.05) is 14.2 Å². The van der Waals surface area contributed by atoms with Gasteiger partial charge in [0.15, 0.2) is 6.29 Å². The maximum absolute atomic E-state index is 11.8. The maximum atomic E-state index is 11.8. The molecule has 0 saturated heterocycles. The Labute approximate surface area is 284 Å². The van der Waals surface area contributed by atoms with Crippen molar-refractivity contribution in [1.29, 1.82) is 5.26 Å². The average Bonchev–Trinajstić information content (AvgIpc) is 3.12. The largest absolute Gasteiger partial charge is 0.496 e. The van der Waals surface area contributed by atoms with E-state index in [2.05, 4.69) is 35.8 Å². The summed E-state index contributed by atoms with van der Waals surface area (Å²) in [7, 11) is 3.19. The molecule has 9 heteroatoms. The lowest BCUT2D eigenvalue weighted by Gasteiger charge is -2.16. The molecule has 0 spiro atoms. The van der Waals surface area contributed by atoms with Crippen LogP contribution < -0.4 is 23.7 Å². The number of aromatic nitrogens is 1. The first-order valence-corrected chi connectivity index (χ1v) is 15.3. The van der Waals surface area contributed by atoms with Crippen LogP contribution >= 0.6 is 11.6 Å². The van der Waals surface area contributed by atoms with Crippen molar-refractivity contribution in [3.63, 3.8) is 0 Å². The molecule has 5 rings (SSSR count). The van der Waals surface area contributed by atoms with Gasteiger partial charge in [-0.15, -0.1) is 0 Å². The molecule has 5 aromatic rings. The Hall–Kier alpha value is -5.78. The smallest absolute Gasteiger partial charge is 0.153 e. The summed E-state index contributed by atoms with van der Waals surface area (Å²) in [5.41, 5.74) is 7.24. The third kappa shape index (κ3) is 7.77. The van der Waals surface area contributed by atoms with E-state index in [9.17, 15) is 4.79 Å². The molecule has 0 aliphatic heterocycles. The van der Waals surface area contributed by atoms with Crippen LogP contribution in [0.15, 0.2) is 91.8 Å². The van der Waals surface area contributed by atoms with Gasteiger partial charge in [0.05, 0.1) is 35.9 Å². The first kappa shape index (κ1) is 33.6. The first-order valence-electron chi connectivity index (χ1n) is 14.9. The Kier molecular flexibility index (Phi) is 11.0. The van der Waals surface area contributed by atoms with Crippen molar-refractivity contribution in [3.05, 3.63) is 136 Å². The zero-order valence-corrected chi connectivity index (χ0v) is 27.5. The summed E-state index contributed by atoms with van der Waals surface area (Å²) in [6.45, 7) is 6.58. The molecule has 0 N–H and O–H groups in total. The average molecular weight is 661 g/mol. The molecule has 0 aliphatic rings. The van der Waals surface area contributed by atoms with Gasteiger partial charge in [0.1, 0.15) is 54.6 Å². The van der Waals surface area contributed by atoms with Crippen molar-refractivity contribution in [2.45, 2.75) is 26.7 Å². The number of pyridine rings is 1. The number of methoxy groups -OCH3 is 2. The summed E-state index contributed by atoms with van der Waals surface area (Å²) < 4.78 is 29.2. The number of ether oxygens (including phenoxy) is 5. The fraction of sp³-hybridized carbons (Fsp3) is 0.154. The molecule has 0 amide bonds. The van der Waals surface area contributed by atoms with E-state index < -0.39 is 0 Å². The lowest BCUT2D eigenvalue weighted by atomic mass is 9.95. The quantitative estimate of drug-likeness (QED) is 0.109. The van der Waals surface area contributed by atoms with Crippen LogP contribution in [-0.4, -0.2) is 25.5 Å². The molecule has 242 valence electrons. The summed E-state index contributed by atoms with van der Waals surface area (Å²) in [6.07, 6.45) is 5.43. The van der Waals surface area contributed by atoms with Crippen molar-refractivity contribution in [1.82, 2.24) is 4.98 Å². The molecule has 0 aliphatic carbocycles. The molecule has 4 aromatic carbocycles. The molecule has 0 radical (unpaired) electrons. The Morgan fingerprint density at radius 3 is 2.27 bits per heavy atom. The number of rotatable bonds is 14. The number of nitrogens with zero attached hydrogens (tertiary/aromatic N) is 2. The maximum Gasteiger partial charge on any atom is 0.153 e. The monoisotopic (exact) mass is 660 g/mol. The molecule has 8 nitrogen and oxygen atoms in total. The highest BCUT2D eigenvalue weighted by atomic mass is 35.5. The summed E-state index contributed by atoms with van der Waals surface area (Å²) in [6, 6.07) is 24.7. The van der Waals surface area contributed by atoms with E-state index in [-0.39, 0.29) is 23.8 Å². The molecule has 0 unspecified atom stereocenters. The van der Waals surface area contributed by atoms with Gasteiger partial charge in [0, 0.05) is 36.2 Å². The van der Waals surface area contributed by atoms with E-state index in [0.29, 0.717) is 52.8 Å². The lowest BCUT2D eigenvalue weighted by molar-refractivity contribution is 0.111. The summed E-state index contributed by atoms with van der Waals surface area (Å²) >= 11 is 6.49. The Balaban J connectivity index is 1.30. The molecule has 1 heterocycles. The SMILES string of the molecule is C=Cc1c(OC)cc(OCc2cccc(-c3cccc(COc4cc(OCc5cncc(C#N)c5)c(C=O)cc4Cl)c3C)c2)cc1OC. The highest BCUT2D eigenvalue weighted by Crippen LogP contribution is 2.36. The topological polar surface area (TPSA) is 99.9 Å². The van der Waals surface area contributed by atoms with Crippen LogP contribution in [0.2, 0.25) is 5.02 Å². The van der Waals surface area contributed by atoms with Gasteiger partial charge in [-0.1, -0.05) is 60.7 Å². The second kappa shape index (κ2) is 15.7. The summed E-state index contributed by atoms with van der Waals surface area (Å²) in [5, 5.41) is 9.43. The molecular formula is C39H33ClN2O6. The van der Waals surface area contributed by atoms with Gasteiger partial charge in [0.2, 0.25) is 0 Å². The molecule has 0 bridgehead atoms. The van der Waals surface area contributed by atoms with Gasteiger partial charge in [-0.2, -0.15) is 5.26 Å². The van der Waals surface area contributed by atoms with Crippen LogP contribution in [0.25, 0.3) is 17.2 Å². The number of aldehydes is 1. The number of hydrogen-bond donors (Lipinski definition) is 0. The van der Waals surface area contributed by atoms with Crippen LogP contribution in [-0.2, 0) is 19.8 Å². The molecule has 1 aromatic heterocycles. The van der Waals surface area contributed by atoms with E-state index in [4.69, 9.17) is 40.5 Å². The molecule has 0 atom stereocenters. The van der Waals surface area contributed by atoms with Crippen LogP contribution in [0.5, 0.6) is 28.7 Å². The minimum absolute atomic E-state index is 0.111. The van der Waals surface area contributed by atoms with Crippen molar-refractivity contribution in [3.8, 4) is 45.9 Å². The first-order chi connectivity index (χ1) is 23.4. The standard InChI is InChI=1S/C39H33ClN2O6/c1-5-33-37(44-3)15-32(16-38(33)45-4)46-22-26-8-6-9-29(13-26)34-11-7-10-30(25(34)2)24-48-39-17-36(31(21-43)14-35(39)40)47-23-28-12-27(18-41)19-42-20-28/h5-17,19-21H,1,22-24H2,2-4H3. The van der Waals surface area contributed by atoms with E-state index in [0.717, 1.165) is 33.4 Å². The molecule has 0 saturated carbocycles. The summed E-state index contributed by atoms with van der Waals surface area (Å²) in [5.74, 6) is 2.54. The van der Waals surface area contributed by atoms with Crippen molar-refractivity contribution < 1.29 is 28.5 Å². The van der Waals surface area contributed by atoms with Gasteiger partial charge >= 0.3 is 0 Å². The predicted octanol–water partition coefficient (Wildman–Crippen LogP) is 8.79. The van der Waals surface area contributed by atoms with Gasteiger partial charge in [0.25, 0.3) is 0 Å². The van der Waals surface area contributed by atoms with Crippen molar-refractivity contribution in [2.24, 2.45) is 0 Å². The Bertz CT molecular complexity index is 1980. The predicted molar refractivity (Wildman–Crippen MR) is 185 cm³/mol. The Morgan fingerprint density at radius 2 is 1.56 bits per heavy atom. The Morgan fingerprint density at radius 1 is 0.833 bits per heavy atom. The normalized spacial score (nSPS) is 10.5. The number of nitriles is 1. The second-order valence-corrected chi connectivity index (χ2v) is 11.1. The number of carbonyl (C=O) groups excluding carboxylic acids is 1. The number of halogens is 1. The van der Waals surface area contributed by atoms with E-state index in [1.165, 1.54) is 12.3 Å². The minimum Gasteiger partial charge on any atom is -0.496 e. The molecule has 48 heavy (non-hydrogen) atoms. The number of benzene rings is 4. The van der Waals surface area contributed by atoms with E-state index >= 15 is 0 Å². The number of hydrogen-bond acceptors (Lipinski definition) is 8. The van der Waals surface area contributed by atoms with Gasteiger partial charge < -0.3 is 23.7 Å². The van der Waals surface area contributed by atoms with Crippen LogP contribution in [0.3, 0.4) is 0 Å². The van der Waals surface area contributed by atoms with Gasteiger partial charge in [-0.05, 0) is 52.9 Å². The van der Waals surface area contributed by atoms with Gasteiger partial charge in [-0.3, -0.25) is 9.78 Å². The van der Waals surface area contributed by atoms with Crippen LogP contribution in [0.4, 0.5) is 0 Å². The fourth-order valence-corrected chi connectivity index (χ4v) is 5.40. The zero-order valence-electron chi connectivity index (χ0n) is 26.8. The highest BCUT2D eigenvalue weighted by molar-refractivity contribution is 6.32. The minimum atomic E-state index is 0.111.